The SMILES string of the molecule is CN(C)S(=O)(=O)c1cccc(CN2CCC(c3ccccc3)CC2)c1. The molecule has 0 unspecified atom stereocenters. The van der Waals surface area contributed by atoms with Gasteiger partial charge in [0.15, 0.2) is 0 Å². The summed E-state index contributed by atoms with van der Waals surface area (Å²) in [5.41, 5.74) is 2.49. The highest BCUT2D eigenvalue weighted by Crippen LogP contribution is 2.28. The van der Waals surface area contributed by atoms with E-state index >= 15 is 0 Å². The Morgan fingerprint density at radius 2 is 1.68 bits per heavy atom. The van der Waals surface area contributed by atoms with Gasteiger partial charge in [-0.25, -0.2) is 12.7 Å². The monoisotopic (exact) mass is 358 g/mol. The van der Waals surface area contributed by atoms with Crippen molar-refractivity contribution in [1.29, 1.82) is 0 Å². The molecule has 2 aromatic rings. The van der Waals surface area contributed by atoms with Crippen molar-refractivity contribution in [3.8, 4) is 0 Å². The molecule has 0 saturated carbocycles. The molecule has 0 N–H and O–H groups in total. The van der Waals surface area contributed by atoms with E-state index < -0.39 is 10.0 Å². The molecule has 0 amide bonds. The summed E-state index contributed by atoms with van der Waals surface area (Å²) in [6.07, 6.45) is 2.30. The van der Waals surface area contributed by atoms with E-state index in [0.717, 1.165) is 38.0 Å². The van der Waals surface area contributed by atoms with Crippen LogP contribution in [0.2, 0.25) is 0 Å². The number of rotatable bonds is 5. The largest absolute Gasteiger partial charge is 0.299 e. The fraction of sp³-hybridized carbons (Fsp3) is 0.400. The Morgan fingerprint density at radius 3 is 2.32 bits per heavy atom. The Kier molecular flexibility index (Phi) is 5.57. The molecule has 2 aromatic carbocycles. The van der Waals surface area contributed by atoms with Gasteiger partial charge in [-0.1, -0.05) is 42.5 Å². The Hall–Kier alpha value is -1.69. The maximum absolute atomic E-state index is 12.3. The summed E-state index contributed by atoms with van der Waals surface area (Å²) in [4.78, 5) is 2.79. The van der Waals surface area contributed by atoms with E-state index in [2.05, 4.69) is 35.2 Å². The van der Waals surface area contributed by atoms with Gasteiger partial charge in [0.1, 0.15) is 0 Å². The number of benzene rings is 2. The molecule has 25 heavy (non-hydrogen) atoms. The lowest BCUT2D eigenvalue weighted by Crippen LogP contribution is -2.32. The first-order valence-electron chi connectivity index (χ1n) is 8.75. The van der Waals surface area contributed by atoms with Crippen LogP contribution in [-0.4, -0.2) is 44.8 Å². The number of hydrogen-bond donors (Lipinski definition) is 0. The first kappa shape index (κ1) is 18.1. The maximum atomic E-state index is 12.3. The van der Waals surface area contributed by atoms with Crippen LogP contribution in [-0.2, 0) is 16.6 Å². The van der Waals surface area contributed by atoms with Crippen LogP contribution in [0.5, 0.6) is 0 Å². The van der Waals surface area contributed by atoms with Gasteiger partial charge in [0.2, 0.25) is 10.0 Å². The van der Waals surface area contributed by atoms with Crippen LogP contribution >= 0.6 is 0 Å². The van der Waals surface area contributed by atoms with Gasteiger partial charge in [0, 0.05) is 20.6 Å². The zero-order valence-electron chi connectivity index (χ0n) is 14.9. The molecule has 0 atom stereocenters. The Bertz CT molecular complexity index is 795. The van der Waals surface area contributed by atoms with Crippen molar-refractivity contribution < 1.29 is 8.42 Å². The number of piperidine rings is 1. The van der Waals surface area contributed by atoms with Gasteiger partial charge in [-0.2, -0.15) is 0 Å². The number of sulfonamides is 1. The normalized spacial score (nSPS) is 17.1. The molecule has 0 aromatic heterocycles. The van der Waals surface area contributed by atoms with Gasteiger partial charge >= 0.3 is 0 Å². The van der Waals surface area contributed by atoms with Crippen LogP contribution in [0.15, 0.2) is 59.5 Å². The standard InChI is InChI=1S/C20H26N2O2S/c1-21(2)25(23,24)20-10-6-7-17(15-20)16-22-13-11-19(12-14-22)18-8-4-3-5-9-18/h3-10,15,19H,11-14,16H2,1-2H3. The third-order valence-electron chi connectivity index (χ3n) is 4.94. The predicted octanol–water partition coefficient (Wildman–Crippen LogP) is 3.32. The minimum Gasteiger partial charge on any atom is -0.299 e. The molecule has 1 heterocycles. The second kappa shape index (κ2) is 7.68. The lowest BCUT2D eigenvalue weighted by atomic mass is 9.89. The van der Waals surface area contributed by atoms with Crippen molar-refractivity contribution in [3.05, 3.63) is 65.7 Å². The van der Waals surface area contributed by atoms with Crippen LogP contribution in [0.25, 0.3) is 0 Å². The van der Waals surface area contributed by atoms with E-state index in [-0.39, 0.29) is 0 Å². The molecule has 0 aliphatic carbocycles. The summed E-state index contributed by atoms with van der Waals surface area (Å²) < 4.78 is 25.8. The van der Waals surface area contributed by atoms with E-state index in [4.69, 9.17) is 0 Å². The van der Waals surface area contributed by atoms with E-state index in [1.54, 1.807) is 26.2 Å². The van der Waals surface area contributed by atoms with Crippen LogP contribution in [0.3, 0.4) is 0 Å². The van der Waals surface area contributed by atoms with Crippen molar-refractivity contribution in [2.75, 3.05) is 27.2 Å². The molecule has 0 spiro atoms. The molecule has 4 nitrogen and oxygen atoms in total. The van der Waals surface area contributed by atoms with Crippen molar-refractivity contribution in [2.45, 2.75) is 30.2 Å². The fourth-order valence-electron chi connectivity index (χ4n) is 3.42. The highest BCUT2D eigenvalue weighted by atomic mass is 32.2. The molecular weight excluding hydrogens is 332 g/mol. The zero-order chi connectivity index (χ0) is 17.9. The van der Waals surface area contributed by atoms with Gasteiger partial charge < -0.3 is 0 Å². The third kappa shape index (κ3) is 4.29. The van der Waals surface area contributed by atoms with Gasteiger partial charge in [-0.05, 0) is 55.1 Å². The summed E-state index contributed by atoms with van der Waals surface area (Å²) in [5, 5.41) is 0. The number of likely N-dealkylation sites (tertiary alicyclic amines) is 1. The molecule has 0 radical (unpaired) electrons. The lowest BCUT2D eigenvalue weighted by Gasteiger charge is -2.32. The fourth-order valence-corrected chi connectivity index (χ4v) is 4.40. The minimum absolute atomic E-state index is 0.370. The lowest BCUT2D eigenvalue weighted by molar-refractivity contribution is 0.204. The average Bonchev–Trinajstić information content (AvgIpc) is 2.63. The van der Waals surface area contributed by atoms with Crippen molar-refractivity contribution in [2.24, 2.45) is 0 Å². The molecule has 0 bridgehead atoms. The van der Waals surface area contributed by atoms with Crippen molar-refractivity contribution in [3.63, 3.8) is 0 Å². The molecular formula is C20H26N2O2S. The number of hydrogen-bond acceptors (Lipinski definition) is 3. The Labute approximate surface area is 151 Å². The molecule has 1 saturated heterocycles. The van der Waals surface area contributed by atoms with E-state index in [0.29, 0.717) is 10.8 Å². The van der Waals surface area contributed by atoms with Crippen LogP contribution in [0, 0.1) is 0 Å². The summed E-state index contributed by atoms with van der Waals surface area (Å²) in [6, 6.07) is 18.0. The average molecular weight is 359 g/mol. The Balaban J connectivity index is 1.63. The highest BCUT2D eigenvalue weighted by Gasteiger charge is 2.21. The molecule has 1 aliphatic heterocycles. The smallest absolute Gasteiger partial charge is 0.242 e. The molecule has 5 heteroatoms. The topological polar surface area (TPSA) is 40.6 Å². The number of nitrogens with zero attached hydrogens (tertiary/aromatic N) is 2. The van der Waals surface area contributed by atoms with Gasteiger partial charge in [-0.3, -0.25) is 4.90 Å². The van der Waals surface area contributed by atoms with Crippen molar-refractivity contribution in [1.82, 2.24) is 9.21 Å². The molecule has 3 rings (SSSR count). The van der Waals surface area contributed by atoms with Crippen LogP contribution < -0.4 is 0 Å². The van der Waals surface area contributed by atoms with Gasteiger partial charge in [0.05, 0.1) is 4.90 Å². The minimum atomic E-state index is -3.37. The van der Waals surface area contributed by atoms with E-state index in [1.165, 1.54) is 9.87 Å². The predicted molar refractivity (Wildman–Crippen MR) is 101 cm³/mol. The first-order valence-corrected chi connectivity index (χ1v) is 10.2. The van der Waals surface area contributed by atoms with E-state index in [1.807, 2.05) is 12.1 Å². The molecule has 1 fully saturated rings. The zero-order valence-corrected chi connectivity index (χ0v) is 15.7. The van der Waals surface area contributed by atoms with Crippen LogP contribution in [0.1, 0.15) is 29.9 Å². The second-order valence-electron chi connectivity index (χ2n) is 6.90. The summed E-state index contributed by atoms with van der Waals surface area (Å²) >= 11 is 0. The van der Waals surface area contributed by atoms with Gasteiger partial charge in [0.25, 0.3) is 0 Å². The van der Waals surface area contributed by atoms with Crippen LogP contribution in [0.4, 0.5) is 0 Å². The first-order chi connectivity index (χ1) is 12.0. The highest BCUT2D eigenvalue weighted by molar-refractivity contribution is 7.89. The molecule has 134 valence electrons. The summed E-state index contributed by atoms with van der Waals surface area (Å²) in [6.45, 7) is 2.90. The summed E-state index contributed by atoms with van der Waals surface area (Å²) in [7, 11) is -0.239. The summed E-state index contributed by atoms with van der Waals surface area (Å²) in [5.74, 6) is 0.637. The van der Waals surface area contributed by atoms with E-state index in [9.17, 15) is 8.42 Å². The Morgan fingerprint density at radius 1 is 1.00 bits per heavy atom. The quantitative estimate of drug-likeness (QED) is 0.823. The molecule has 1 aliphatic rings. The van der Waals surface area contributed by atoms with Crippen molar-refractivity contribution >= 4 is 10.0 Å². The second-order valence-corrected chi connectivity index (χ2v) is 9.05. The van der Waals surface area contributed by atoms with Gasteiger partial charge in [-0.15, -0.1) is 0 Å². The maximum Gasteiger partial charge on any atom is 0.242 e. The third-order valence-corrected chi connectivity index (χ3v) is 6.75.